The Morgan fingerprint density at radius 3 is 2.10 bits per heavy atom. The molecule has 21 heavy (non-hydrogen) atoms. The molecule has 1 heterocycles. The molecule has 0 aliphatic rings. The average molecular weight is 355 g/mol. The van der Waals surface area contributed by atoms with Gasteiger partial charge in [-0.2, -0.15) is 0 Å². The summed E-state index contributed by atoms with van der Waals surface area (Å²) in [6.45, 7) is 7.31. The molecule has 0 spiro atoms. The van der Waals surface area contributed by atoms with Crippen LogP contribution in [0.3, 0.4) is 0 Å². The standard InChI is InChI=1S/C16H23N2O2.BrH/c1-12(2)18-7-6-17(13(18)3)11-14-8-15(19-4)10-16(9-14)20-5;/h6-10,12H,11H2,1-5H3;1H/q+1;/p-1. The van der Waals surface area contributed by atoms with Crippen molar-refractivity contribution in [2.24, 2.45) is 0 Å². The fourth-order valence-electron chi connectivity index (χ4n) is 2.38. The van der Waals surface area contributed by atoms with E-state index >= 15 is 0 Å². The van der Waals surface area contributed by atoms with Gasteiger partial charge in [-0.05, 0) is 26.0 Å². The zero-order valence-electron chi connectivity index (χ0n) is 13.3. The van der Waals surface area contributed by atoms with Crippen molar-refractivity contribution in [3.8, 4) is 11.5 Å². The lowest BCUT2D eigenvalue weighted by Gasteiger charge is -2.08. The van der Waals surface area contributed by atoms with Gasteiger partial charge in [-0.25, -0.2) is 9.13 Å². The molecule has 116 valence electrons. The van der Waals surface area contributed by atoms with E-state index in [0.29, 0.717) is 6.04 Å². The van der Waals surface area contributed by atoms with Crippen LogP contribution in [0.15, 0.2) is 30.6 Å². The second kappa shape index (κ2) is 7.50. The van der Waals surface area contributed by atoms with Crippen LogP contribution < -0.4 is 31.0 Å². The van der Waals surface area contributed by atoms with Crippen LogP contribution in [0.25, 0.3) is 0 Å². The lowest BCUT2D eigenvalue weighted by molar-refractivity contribution is -0.694. The molecule has 1 aromatic heterocycles. The Morgan fingerprint density at radius 2 is 1.67 bits per heavy atom. The molecule has 0 saturated heterocycles. The van der Waals surface area contributed by atoms with E-state index in [0.717, 1.165) is 23.6 Å². The smallest absolute Gasteiger partial charge is 0.253 e. The Bertz CT molecular complexity index is 572. The summed E-state index contributed by atoms with van der Waals surface area (Å²) in [5, 5.41) is 0. The van der Waals surface area contributed by atoms with Crippen LogP contribution in [0.1, 0.15) is 31.3 Å². The van der Waals surface area contributed by atoms with Gasteiger partial charge in [0.25, 0.3) is 5.82 Å². The van der Waals surface area contributed by atoms with Crippen molar-refractivity contribution in [2.75, 3.05) is 14.2 Å². The minimum Gasteiger partial charge on any atom is -1.00 e. The third kappa shape index (κ3) is 4.00. The molecule has 5 heteroatoms. The van der Waals surface area contributed by atoms with Gasteiger partial charge in [0.05, 0.1) is 20.3 Å². The Balaban J connectivity index is 0.00000220. The number of rotatable bonds is 5. The first-order valence-corrected chi connectivity index (χ1v) is 6.84. The number of methoxy groups -OCH3 is 2. The highest BCUT2D eigenvalue weighted by Gasteiger charge is 2.15. The number of aromatic nitrogens is 2. The maximum Gasteiger partial charge on any atom is 0.253 e. The third-order valence-corrected chi connectivity index (χ3v) is 3.52. The van der Waals surface area contributed by atoms with E-state index in [2.05, 4.69) is 42.3 Å². The van der Waals surface area contributed by atoms with Crippen LogP contribution in [-0.2, 0) is 6.54 Å². The van der Waals surface area contributed by atoms with Crippen molar-refractivity contribution in [2.45, 2.75) is 33.4 Å². The summed E-state index contributed by atoms with van der Waals surface area (Å²) in [5.41, 5.74) is 1.16. The highest BCUT2D eigenvalue weighted by Crippen LogP contribution is 2.22. The van der Waals surface area contributed by atoms with E-state index in [-0.39, 0.29) is 17.0 Å². The molecule has 0 atom stereocenters. The summed E-state index contributed by atoms with van der Waals surface area (Å²) >= 11 is 0. The maximum absolute atomic E-state index is 5.31. The van der Waals surface area contributed by atoms with E-state index in [1.165, 1.54) is 5.82 Å². The molecule has 4 nitrogen and oxygen atoms in total. The first-order chi connectivity index (χ1) is 9.55. The first-order valence-electron chi connectivity index (χ1n) is 6.84. The number of imidazole rings is 1. The van der Waals surface area contributed by atoms with Gasteiger partial charge in [-0.3, -0.25) is 0 Å². The second-order valence-electron chi connectivity index (χ2n) is 5.20. The average Bonchev–Trinajstić information content (AvgIpc) is 2.79. The Morgan fingerprint density at radius 1 is 1.10 bits per heavy atom. The van der Waals surface area contributed by atoms with Crippen LogP contribution in [-0.4, -0.2) is 18.8 Å². The van der Waals surface area contributed by atoms with Crippen LogP contribution in [0.2, 0.25) is 0 Å². The van der Waals surface area contributed by atoms with Crippen molar-refractivity contribution in [3.05, 3.63) is 42.0 Å². The van der Waals surface area contributed by atoms with E-state index in [1.54, 1.807) is 14.2 Å². The van der Waals surface area contributed by atoms with Gasteiger partial charge in [0, 0.05) is 18.6 Å². The largest absolute Gasteiger partial charge is 1.00 e. The number of hydrogen-bond donors (Lipinski definition) is 0. The van der Waals surface area contributed by atoms with Gasteiger partial charge in [-0.1, -0.05) is 0 Å². The highest BCUT2D eigenvalue weighted by molar-refractivity contribution is 5.38. The van der Waals surface area contributed by atoms with Gasteiger partial charge in [0.2, 0.25) is 0 Å². The van der Waals surface area contributed by atoms with Crippen LogP contribution >= 0.6 is 0 Å². The highest BCUT2D eigenvalue weighted by atomic mass is 79.9. The fourth-order valence-corrected chi connectivity index (χ4v) is 2.38. The van der Waals surface area contributed by atoms with Crippen molar-refractivity contribution in [1.29, 1.82) is 0 Å². The number of hydrogen-bond acceptors (Lipinski definition) is 2. The summed E-state index contributed by atoms with van der Waals surface area (Å²) < 4.78 is 15.1. The lowest BCUT2D eigenvalue weighted by Crippen LogP contribution is -3.00. The molecule has 0 amide bonds. The van der Waals surface area contributed by atoms with Crippen LogP contribution in [0, 0.1) is 6.92 Å². The fraction of sp³-hybridized carbons (Fsp3) is 0.438. The van der Waals surface area contributed by atoms with Gasteiger partial charge >= 0.3 is 0 Å². The molecular formula is C16H23BrN2O2. The predicted molar refractivity (Wildman–Crippen MR) is 78.4 cm³/mol. The Hall–Kier alpha value is -1.49. The molecule has 0 bridgehead atoms. The molecule has 0 aliphatic carbocycles. The molecule has 0 N–H and O–H groups in total. The lowest BCUT2D eigenvalue weighted by atomic mass is 10.2. The maximum atomic E-state index is 5.31. The Kier molecular flexibility index (Phi) is 6.27. The van der Waals surface area contributed by atoms with Gasteiger partial charge in [0.15, 0.2) is 0 Å². The van der Waals surface area contributed by atoms with Crippen molar-refractivity contribution >= 4 is 0 Å². The summed E-state index contributed by atoms with van der Waals surface area (Å²) in [6.07, 6.45) is 4.23. The summed E-state index contributed by atoms with van der Waals surface area (Å²) in [6, 6.07) is 6.44. The molecule has 2 aromatic rings. The van der Waals surface area contributed by atoms with Crippen LogP contribution in [0.5, 0.6) is 11.5 Å². The topological polar surface area (TPSA) is 27.3 Å². The molecule has 0 unspecified atom stereocenters. The number of nitrogens with zero attached hydrogens (tertiary/aromatic N) is 2. The second-order valence-corrected chi connectivity index (χ2v) is 5.20. The molecule has 1 aromatic carbocycles. The van der Waals surface area contributed by atoms with Gasteiger partial charge in [0.1, 0.15) is 30.4 Å². The summed E-state index contributed by atoms with van der Waals surface area (Å²) in [4.78, 5) is 0. The zero-order chi connectivity index (χ0) is 14.7. The van der Waals surface area contributed by atoms with Gasteiger partial charge in [-0.15, -0.1) is 0 Å². The number of benzene rings is 1. The minimum atomic E-state index is 0. The van der Waals surface area contributed by atoms with E-state index < -0.39 is 0 Å². The number of halogens is 1. The molecule has 2 rings (SSSR count). The normalized spacial score (nSPS) is 10.4. The molecule has 0 fully saturated rings. The summed E-state index contributed by atoms with van der Waals surface area (Å²) in [7, 11) is 3.35. The van der Waals surface area contributed by atoms with Gasteiger partial charge < -0.3 is 26.5 Å². The zero-order valence-corrected chi connectivity index (χ0v) is 14.8. The number of ether oxygens (including phenoxy) is 2. The quantitative estimate of drug-likeness (QED) is 0.691. The van der Waals surface area contributed by atoms with E-state index in [9.17, 15) is 0 Å². The molecule has 0 aliphatic heterocycles. The monoisotopic (exact) mass is 354 g/mol. The van der Waals surface area contributed by atoms with E-state index in [1.807, 2.05) is 18.2 Å². The summed E-state index contributed by atoms with van der Waals surface area (Å²) in [5.74, 6) is 2.88. The molecule has 0 radical (unpaired) electrons. The Labute approximate surface area is 137 Å². The van der Waals surface area contributed by atoms with E-state index in [4.69, 9.17) is 9.47 Å². The van der Waals surface area contributed by atoms with Crippen molar-refractivity contribution in [1.82, 2.24) is 4.57 Å². The third-order valence-electron chi connectivity index (χ3n) is 3.52. The molecular weight excluding hydrogens is 332 g/mol. The first kappa shape index (κ1) is 17.6. The van der Waals surface area contributed by atoms with Crippen molar-refractivity contribution in [3.63, 3.8) is 0 Å². The minimum absolute atomic E-state index is 0. The van der Waals surface area contributed by atoms with Crippen molar-refractivity contribution < 1.29 is 31.0 Å². The molecule has 0 saturated carbocycles. The SMILES string of the molecule is COc1cc(C[n+]2ccn(C(C)C)c2C)cc(OC)c1.[Br-]. The van der Waals surface area contributed by atoms with Crippen LogP contribution in [0.4, 0.5) is 0 Å². The predicted octanol–water partition coefficient (Wildman–Crippen LogP) is -0.266.